The van der Waals surface area contributed by atoms with Crippen LogP contribution in [0.1, 0.15) is 30.9 Å². The Balaban J connectivity index is 0.00000288. The van der Waals surface area contributed by atoms with Crippen molar-refractivity contribution < 1.29 is 0 Å². The van der Waals surface area contributed by atoms with Crippen molar-refractivity contribution >= 4 is 41.7 Å². The molecule has 0 aliphatic carbocycles. The Morgan fingerprint density at radius 1 is 1.29 bits per heavy atom. The van der Waals surface area contributed by atoms with E-state index in [0.29, 0.717) is 4.75 Å². The standard InChI is InChI=1S/C18H30N4S.HI/c1-18(9-6-10-23-18)14-21-17(19-2)20-12-15-7-5-8-16(11-15)13-22(3)4;/h5,7-8,11H,6,9-10,12-14H2,1-4H3,(H2,19,20,21);1H. The monoisotopic (exact) mass is 462 g/mol. The van der Waals surface area contributed by atoms with Crippen molar-refractivity contribution in [2.24, 2.45) is 4.99 Å². The average molecular weight is 462 g/mol. The molecule has 1 saturated heterocycles. The Morgan fingerprint density at radius 2 is 2.04 bits per heavy atom. The van der Waals surface area contributed by atoms with Crippen molar-refractivity contribution in [3.63, 3.8) is 0 Å². The van der Waals surface area contributed by atoms with Gasteiger partial charge in [-0.05, 0) is 50.7 Å². The number of benzene rings is 1. The summed E-state index contributed by atoms with van der Waals surface area (Å²) in [6.45, 7) is 5.08. The minimum Gasteiger partial charge on any atom is -0.355 e. The van der Waals surface area contributed by atoms with Crippen LogP contribution in [0.15, 0.2) is 29.3 Å². The van der Waals surface area contributed by atoms with E-state index < -0.39 is 0 Å². The summed E-state index contributed by atoms with van der Waals surface area (Å²) in [7, 11) is 6.03. The molecule has 0 radical (unpaired) electrons. The molecular formula is C18H31IN4S. The van der Waals surface area contributed by atoms with Crippen molar-refractivity contribution in [2.75, 3.05) is 33.4 Å². The second-order valence-electron chi connectivity index (χ2n) is 6.74. The molecule has 1 aromatic carbocycles. The summed E-state index contributed by atoms with van der Waals surface area (Å²) in [5.41, 5.74) is 2.63. The summed E-state index contributed by atoms with van der Waals surface area (Å²) in [5.74, 6) is 2.17. The molecule has 2 rings (SSSR count). The first-order valence-electron chi connectivity index (χ1n) is 8.32. The summed E-state index contributed by atoms with van der Waals surface area (Å²) in [5, 5.41) is 6.90. The second-order valence-corrected chi connectivity index (χ2v) is 8.42. The molecule has 0 spiro atoms. The zero-order valence-corrected chi connectivity index (χ0v) is 18.4. The SMILES string of the molecule is CN=C(NCc1cccc(CN(C)C)c1)NCC1(C)CCCS1.I. The molecule has 1 atom stereocenters. The average Bonchev–Trinajstić information content (AvgIpc) is 2.94. The van der Waals surface area contributed by atoms with E-state index in [4.69, 9.17) is 0 Å². The van der Waals surface area contributed by atoms with E-state index in [-0.39, 0.29) is 24.0 Å². The molecule has 1 aliphatic heterocycles. The van der Waals surface area contributed by atoms with Crippen LogP contribution >= 0.6 is 35.7 Å². The van der Waals surface area contributed by atoms with Crippen molar-refractivity contribution in [3.8, 4) is 0 Å². The molecule has 4 nitrogen and oxygen atoms in total. The third kappa shape index (κ3) is 7.19. The van der Waals surface area contributed by atoms with E-state index in [1.807, 2.05) is 7.05 Å². The van der Waals surface area contributed by atoms with E-state index in [1.54, 1.807) is 0 Å². The lowest BCUT2D eigenvalue weighted by Crippen LogP contribution is -2.43. The molecule has 0 saturated carbocycles. The molecule has 1 unspecified atom stereocenters. The molecule has 0 bridgehead atoms. The van der Waals surface area contributed by atoms with Crippen LogP contribution < -0.4 is 10.6 Å². The molecule has 0 aromatic heterocycles. The number of nitrogens with one attached hydrogen (secondary N) is 2. The van der Waals surface area contributed by atoms with Gasteiger partial charge in [-0.2, -0.15) is 11.8 Å². The van der Waals surface area contributed by atoms with Gasteiger partial charge < -0.3 is 15.5 Å². The van der Waals surface area contributed by atoms with Crippen LogP contribution in [0.4, 0.5) is 0 Å². The molecule has 1 heterocycles. The Morgan fingerprint density at radius 3 is 2.67 bits per heavy atom. The quantitative estimate of drug-likeness (QED) is 0.387. The summed E-state index contributed by atoms with van der Waals surface area (Å²) in [4.78, 5) is 6.53. The molecule has 136 valence electrons. The summed E-state index contributed by atoms with van der Waals surface area (Å²) >= 11 is 2.07. The molecule has 1 fully saturated rings. The van der Waals surface area contributed by atoms with Crippen LogP contribution in [-0.4, -0.2) is 49.0 Å². The predicted octanol–water partition coefficient (Wildman–Crippen LogP) is 3.32. The normalized spacial score (nSPS) is 20.8. The fourth-order valence-electron chi connectivity index (χ4n) is 2.86. The van der Waals surface area contributed by atoms with Crippen molar-refractivity contribution in [1.29, 1.82) is 0 Å². The summed E-state index contributed by atoms with van der Waals surface area (Å²) in [6.07, 6.45) is 2.61. The van der Waals surface area contributed by atoms with Crippen molar-refractivity contribution in [2.45, 2.75) is 37.6 Å². The molecule has 2 N–H and O–H groups in total. The van der Waals surface area contributed by atoms with Gasteiger partial charge in [0.05, 0.1) is 0 Å². The van der Waals surface area contributed by atoms with E-state index in [9.17, 15) is 0 Å². The topological polar surface area (TPSA) is 39.7 Å². The van der Waals surface area contributed by atoms with Crippen LogP contribution in [0, 0.1) is 0 Å². The Bertz CT molecular complexity index is 528. The highest BCUT2D eigenvalue weighted by Gasteiger charge is 2.29. The highest BCUT2D eigenvalue weighted by molar-refractivity contribution is 14.0. The third-order valence-electron chi connectivity index (χ3n) is 4.10. The van der Waals surface area contributed by atoms with Crippen LogP contribution in [0.25, 0.3) is 0 Å². The molecular weight excluding hydrogens is 431 g/mol. The third-order valence-corrected chi connectivity index (χ3v) is 5.64. The lowest BCUT2D eigenvalue weighted by atomic mass is 10.1. The number of hydrogen-bond donors (Lipinski definition) is 2. The fourth-order valence-corrected chi connectivity index (χ4v) is 4.10. The number of nitrogens with zero attached hydrogens (tertiary/aromatic N) is 2. The Labute approximate surface area is 168 Å². The first-order chi connectivity index (χ1) is 11.0. The van der Waals surface area contributed by atoms with Crippen LogP contribution in [0.5, 0.6) is 0 Å². The number of aliphatic imine (C=N–C) groups is 1. The number of guanidine groups is 1. The van der Waals surface area contributed by atoms with Gasteiger partial charge in [0.1, 0.15) is 0 Å². The number of rotatable bonds is 6. The maximum absolute atomic E-state index is 4.34. The minimum atomic E-state index is 0. The Hall–Kier alpha value is -0.470. The fraction of sp³-hybridized carbons (Fsp3) is 0.611. The molecule has 1 aliphatic rings. The summed E-state index contributed by atoms with van der Waals surface area (Å²) < 4.78 is 0.350. The predicted molar refractivity (Wildman–Crippen MR) is 118 cm³/mol. The first-order valence-corrected chi connectivity index (χ1v) is 9.30. The lowest BCUT2D eigenvalue weighted by molar-refractivity contribution is 0.402. The number of hydrogen-bond acceptors (Lipinski definition) is 3. The molecule has 1 aromatic rings. The smallest absolute Gasteiger partial charge is 0.191 e. The maximum atomic E-state index is 4.34. The lowest BCUT2D eigenvalue weighted by Gasteiger charge is -2.24. The van der Waals surface area contributed by atoms with E-state index in [1.165, 1.54) is 29.7 Å². The van der Waals surface area contributed by atoms with Crippen molar-refractivity contribution in [1.82, 2.24) is 15.5 Å². The number of halogens is 1. The van der Waals surface area contributed by atoms with E-state index in [0.717, 1.165) is 25.6 Å². The zero-order chi connectivity index (χ0) is 16.7. The largest absolute Gasteiger partial charge is 0.355 e. The highest BCUT2D eigenvalue weighted by atomic mass is 127. The summed E-state index contributed by atoms with van der Waals surface area (Å²) in [6, 6.07) is 8.72. The van der Waals surface area contributed by atoms with Crippen molar-refractivity contribution in [3.05, 3.63) is 35.4 Å². The van der Waals surface area contributed by atoms with Gasteiger partial charge in [-0.3, -0.25) is 4.99 Å². The van der Waals surface area contributed by atoms with Crippen LogP contribution in [-0.2, 0) is 13.1 Å². The van der Waals surface area contributed by atoms with Crippen LogP contribution in [0.3, 0.4) is 0 Å². The van der Waals surface area contributed by atoms with E-state index in [2.05, 4.69) is 77.6 Å². The Kier molecular flexibility index (Phi) is 9.44. The molecule has 24 heavy (non-hydrogen) atoms. The first kappa shape index (κ1) is 21.6. The van der Waals surface area contributed by atoms with Gasteiger partial charge in [0.25, 0.3) is 0 Å². The number of thioether (sulfide) groups is 1. The van der Waals surface area contributed by atoms with Gasteiger partial charge in [-0.1, -0.05) is 24.3 Å². The van der Waals surface area contributed by atoms with Gasteiger partial charge >= 0.3 is 0 Å². The zero-order valence-electron chi connectivity index (χ0n) is 15.3. The van der Waals surface area contributed by atoms with Gasteiger partial charge in [-0.25, -0.2) is 0 Å². The van der Waals surface area contributed by atoms with Gasteiger partial charge in [0.15, 0.2) is 5.96 Å². The minimum absolute atomic E-state index is 0. The maximum Gasteiger partial charge on any atom is 0.191 e. The van der Waals surface area contributed by atoms with Crippen LogP contribution in [0.2, 0.25) is 0 Å². The molecule has 6 heteroatoms. The highest BCUT2D eigenvalue weighted by Crippen LogP contribution is 2.36. The van der Waals surface area contributed by atoms with Gasteiger partial charge in [0.2, 0.25) is 0 Å². The van der Waals surface area contributed by atoms with E-state index >= 15 is 0 Å². The molecule has 0 amide bonds. The second kappa shape index (κ2) is 10.5. The van der Waals surface area contributed by atoms with Gasteiger partial charge in [0, 0.05) is 31.4 Å². The van der Waals surface area contributed by atoms with Gasteiger partial charge in [-0.15, -0.1) is 24.0 Å².